The molecule has 72 valence electrons. The van der Waals surface area contributed by atoms with Crippen LogP contribution in [0.1, 0.15) is 46.5 Å². The van der Waals surface area contributed by atoms with Crippen molar-refractivity contribution in [2.24, 2.45) is 17.3 Å². The van der Waals surface area contributed by atoms with Crippen LogP contribution in [0.3, 0.4) is 0 Å². The summed E-state index contributed by atoms with van der Waals surface area (Å²) in [5.41, 5.74) is 0.514. The summed E-state index contributed by atoms with van der Waals surface area (Å²) < 4.78 is 0. The van der Waals surface area contributed by atoms with Crippen LogP contribution in [-0.2, 0) is 0 Å². The van der Waals surface area contributed by atoms with E-state index in [1.165, 1.54) is 25.7 Å². The summed E-state index contributed by atoms with van der Waals surface area (Å²) in [6, 6.07) is 0. The van der Waals surface area contributed by atoms with E-state index in [4.69, 9.17) is 0 Å². The molecule has 1 saturated carbocycles. The van der Waals surface area contributed by atoms with Crippen LogP contribution in [0.4, 0.5) is 0 Å². The van der Waals surface area contributed by atoms with E-state index in [0.717, 1.165) is 17.2 Å². The molecule has 1 heteroatoms. The molecule has 0 nitrogen and oxygen atoms in total. The highest BCUT2D eigenvalue weighted by Gasteiger charge is 2.30. The first-order valence-electron chi connectivity index (χ1n) is 5.12. The first kappa shape index (κ1) is 10.6. The van der Waals surface area contributed by atoms with Crippen molar-refractivity contribution >= 4 is 15.9 Å². The second-order valence-electron chi connectivity index (χ2n) is 5.08. The van der Waals surface area contributed by atoms with E-state index in [1.807, 2.05) is 0 Å². The smallest absolute Gasteiger partial charge is 0.00853 e. The van der Waals surface area contributed by atoms with Crippen LogP contribution >= 0.6 is 15.9 Å². The molecule has 0 spiro atoms. The molecule has 1 aliphatic carbocycles. The van der Waals surface area contributed by atoms with Crippen molar-refractivity contribution in [2.45, 2.75) is 46.5 Å². The lowest BCUT2D eigenvalue weighted by Crippen LogP contribution is -2.29. The van der Waals surface area contributed by atoms with Crippen molar-refractivity contribution in [3.8, 4) is 0 Å². The molecule has 0 radical (unpaired) electrons. The molecule has 0 atom stereocenters. The van der Waals surface area contributed by atoms with E-state index < -0.39 is 0 Å². The third-order valence-corrected chi connectivity index (χ3v) is 4.91. The first-order valence-corrected chi connectivity index (χ1v) is 6.24. The van der Waals surface area contributed by atoms with Gasteiger partial charge in [-0.3, -0.25) is 0 Å². The van der Waals surface area contributed by atoms with E-state index in [1.54, 1.807) is 0 Å². The molecule has 12 heavy (non-hydrogen) atoms. The van der Waals surface area contributed by atoms with Gasteiger partial charge < -0.3 is 0 Å². The lowest BCUT2D eigenvalue weighted by Gasteiger charge is -2.37. The minimum absolute atomic E-state index is 0.514. The predicted molar refractivity (Wildman–Crippen MR) is 58.7 cm³/mol. The number of halogens is 1. The molecule has 0 unspecified atom stereocenters. The molecule has 0 aromatic carbocycles. The van der Waals surface area contributed by atoms with Crippen LogP contribution in [0, 0.1) is 17.3 Å². The summed E-state index contributed by atoms with van der Waals surface area (Å²) in [6.07, 6.45) is 5.78. The zero-order valence-electron chi connectivity index (χ0n) is 8.57. The van der Waals surface area contributed by atoms with Gasteiger partial charge >= 0.3 is 0 Å². The van der Waals surface area contributed by atoms with Gasteiger partial charge in [0, 0.05) is 5.33 Å². The summed E-state index contributed by atoms with van der Waals surface area (Å²) in [6.45, 7) is 7.17. The summed E-state index contributed by atoms with van der Waals surface area (Å²) in [5, 5.41) is 1.15. The summed E-state index contributed by atoms with van der Waals surface area (Å²) >= 11 is 3.62. The summed E-state index contributed by atoms with van der Waals surface area (Å²) in [4.78, 5) is 0. The Balaban J connectivity index is 2.44. The molecule has 0 bridgehead atoms. The van der Waals surface area contributed by atoms with E-state index in [0.29, 0.717) is 5.41 Å². The molecule has 1 rings (SSSR count). The lowest BCUT2D eigenvalue weighted by atomic mass is 9.70. The van der Waals surface area contributed by atoms with Crippen molar-refractivity contribution in [1.82, 2.24) is 0 Å². The van der Waals surface area contributed by atoms with Gasteiger partial charge in [-0.2, -0.15) is 0 Å². The molecular weight excluding hydrogens is 212 g/mol. The molecule has 1 aliphatic rings. The van der Waals surface area contributed by atoms with Gasteiger partial charge in [-0.05, 0) is 30.1 Å². The largest absolute Gasteiger partial charge is 0.0922 e. The number of hydrogen-bond acceptors (Lipinski definition) is 0. The Morgan fingerprint density at radius 1 is 1.17 bits per heavy atom. The Labute approximate surface area is 85.3 Å². The Morgan fingerprint density at radius 2 is 1.67 bits per heavy atom. The average Bonchev–Trinajstić information content (AvgIpc) is 2.05. The van der Waals surface area contributed by atoms with Crippen LogP contribution in [0.25, 0.3) is 0 Å². The molecule has 0 heterocycles. The van der Waals surface area contributed by atoms with Crippen LogP contribution in [0.15, 0.2) is 0 Å². The second-order valence-corrected chi connectivity index (χ2v) is 5.64. The highest BCUT2D eigenvalue weighted by atomic mass is 79.9. The first-order chi connectivity index (χ1) is 5.56. The maximum absolute atomic E-state index is 3.62. The predicted octanol–water partition coefficient (Wildman–Crippen LogP) is 4.23. The fourth-order valence-corrected chi connectivity index (χ4v) is 2.61. The second kappa shape index (κ2) is 4.13. The molecule has 0 amide bonds. The molecule has 0 N–H and O–H groups in total. The van der Waals surface area contributed by atoms with Crippen molar-refractivity contribution < 1.29 is 0 Å². The van der Waals surface area contributed by atoms with Crippen LogP contribution in [-0.4, -0.2) is 5.33 Å². The molecular formula is C11H21Br. The Bertz CT molecular complexity index is 132. The van der Waals surface area contributed by atoms with Gasteiger partial charge in [-0.15, -0.1) is 0 Å². The van der Waals surface area contributed by atoms with Crippen molar-refractivity contribution in [3.05, 3.63) is 0 Å². The zero-order chi connectivity index (χ0) is 9.19. The third kappa shape index (κ3) is 2.48. The van der Waals surface area contributed by atoms with Crippen molar-refractivity contribution in [3.63, 3.8) is 0 Å². The molecule has 0 saturated heterocycles. The third-order valence-electron chi connectivity index (χ3n) is 3.47. The number of rotatable bonds is 2. The molecule has 0 aliphatic heterocycles. The van der Waals surface area contributed by atoms with Gasteiger partial charge in [-0.1, -0.05) is 49.5 Å². The van der Waals surface area contributed by atoms with Crippen molar-refractivity contribution in [1.29, 1.82) is 0 Å². The van der Waals surface area contributed by atoms with Gasteiger partial charge in [0.15, 0.2) is 0 Å². The lowest BCUT2D eigenvalue weighted by molar-refractivity contribution is 0.161. The van der Waals surface area contributed by atoms with E-state index >= 15 is 0 Å². The number of alkyl halides is 1. The van der Waals surface area contributed by atoms with Gasteiger partial charge in [-0.25, -0.2) is 0 Å². The van der Waals surface area contributed by atoms with E-state index in [9.17, 15) is 0 Å². The highest BCUT2D eigenvalue weighted by molar-refractivity contribution is 9.09. The van der Waals surface area contributed by atoms with Gasteiger partial charge in [0.25, 0.3) is 0 Å². The van der Waals surface area contributed by atoms with E-state index in [2.05, 4.69) is 36.7 Å². The minimum atomic E-state index is 0.514. The van der Waals surface area contributed by atoms with Crippen LogP contribution in [0.5, 0.6) is 0 Å². The summed E-state index contributed by atoms with van der Waals surface area (Å²) in [5.74, 6) is 1.93. The Morgan fingerprint density at radius 3 is 2.08 bits per heavy atom. The Hall–Kier alpha value is 0.480. The molecule has 0 aromatic rings. The van der Waals surface area contributed by atoms with Crippen LogP contribution < -0.4 is 0 Å². The molecule has 1 fully saturated rings. The highest BCUT2D eigenvalue weighted by Crippen LogP contribution is 2.40. The molecule has 0 aromatic heterocycles. The Kier molecular flexibility index (Phi) is 3.63. The van der Waals surface area contributed by atoms with Crippen molar-refractivity contribution in [2.75, 3.05) is 5.33 Å². The fraction of sp³-hybridized carbons (Fsp3) is 1.00. The maximum Gasteiger partial charge on any atom is 0.00853 e. The normalized spacial score (nSPS) is 32.0. The SMILES string of the molecule is CC1CCC(C(C)(C)CBr)CC1. The van der Waals surface area contributed by atoms with Gasteiger partial charge in [0.2, 0.25) is 0 Å². The average molecular weight is 233 g/mol. The monoisotopic (exact) mass is 232 g/mol. The standard InChI is InChI=1S/C11H21Br/c1-9-4-6-10(7-5-9)11(2,3)8-12/h9-10H,4-8H2,1-3H3. The topological polar surface area (TPSA) is 0 Å². The fourth-order valence-electron chi connectivity index (χ4n) is 2.15. The van der Waals surface area contributed by atoms with Gasteiger partial charge in [0.1, 0.15) is 0 Å². The quantitative estimate of drug-likeness (QED) is 0.626. The minimum Gasteiger partial charge on any atom is -0.0922 e. The van der Waals surface area contributed by atoms with Crippen LogP contribution in [0.2, 0.25) is 0 Å². The zero-order valence-corrected chi connectivity index (χ0v) is 10.2. The summed E-state index contributed by atoms with van der Waals surface area (Å²) in [7, 11) is 0. The van der Waals surface area contributed by atoms with E-state index in [-0.39, 0.29) is 0 Å². The van der Waals surface area contributed by atoms with Gasteiger partial charge in [0.05, 0.1) is 0 Å². The number of hydrogen-bond donors (Lipinski definition) is 0. The maximum atomic E-state index is 3.62.